The fourth-order valence-corrected chi connectivity index (χ4v) is 5.36. The summed E-state index contributed by atoms with van der Waals surface area (Å²) in [5, 5.41) is 3.43. The number of nitrogens with one attached hydrogen (secondary N) is 1. The van der Waals surface area contributed by atoms with Crippen LogP contribution in [0.5, 0.6) is 0 Å². The van der Waals surface area contributed by atoms with Crippen LogP contribution in [0.25, 0.3) is 0 Å². The lowest BCUT2D eigenvalue weighted by Crippen LogP contribution is -2.57. The number of rotatable bonds is 5. The Kier molecular flexibility index (Phi) is 7.19. The third-order valence-electron chi connectivity index (χ3n) is 5.98. The maximum absolute atomic E-state index is 12.2. The van der Waals surface area contributed by atoms with Crippen molar-refractivity contribution in [1.29, 1.82) is 0 Å². The Morgan fingerprint density at radius 2 is 1.72 bits per heavy atom. The fourth-order valence-electron chi connectivity index (χ4n) is 4.00. The number of aliphatic imine (C=N–C) groups is 1. The Morgan fingerprint density at radius 1 is 1.07 bits per heavy atom. The predicted molar refractivity (Wildman–Crippen MR) is 119 cm³/mol. The summed E-state index contributed by atoms with van der Waals surface area (Å²) >= 11 is 0. The van der Waals surface area contributed by atoms with Crippen molar-refractivity contribution < 1.29 is 8.42 Å². The lowest BCUT2D eigenvalue weighted by atomic mass is 10.2. The molecule has 0 radical (unpaired) electrons. The molecule has 2 aliphatic rings. The highest BCUT2D eigenvalue weighted by atomic mass is 32.2. The smallest absolute Gasteiger partial charge is 0.193 e. The Morgan fingerprint density at radius 3 is 2.34 bits per heavy atom. The topological polar surface area (TPSA) is 68.2 Å². The van der Waals surface area contributed by atoms with E-state index in [0.717, 1.165) is 51.8 Å². The van der Waals surface area contributed by atoms with Gasteiger partial charge in [0.25, 0.3) is 0 Å². The molecule has 0 atom stereocenters. The van der Waals surface area contributed by atoms with E-state index in [1.165, 1.54) is 5.56 Å². The number of nitrogens with zero attached hydrogens (tertiary/aromatic N) is 4. The van der Waals surface area contributed by atoms with E-state index in [1.807, 2.05) is 0 Å². The molecular weight excluding hydrogens is 386 g/mol. The average molecular weight is 422 g/mol. The van der Waals surface area contributed by atoms with E-state index in [9.17, 15) is 8.42 Å². The Labute approximate surface area is 175 Å². The number of hydrogen-bond acceptors (Lipinski definition) is 5. The first-order valence-corrected chi connectivity index (χ1v) is 12.1. The minimum absolute atomic E-state index is 0.185. The monoisotopic (exact) mass is 421 g/mol. The molecule has 0 aliphatic carbocycles. The van der Waals surface area contributed by atoms with Crippen LogP contribution in [0, 0.1) is 0 Å². The maximum atomic E-state index is 12.2. The summed E-state index contributed by atoms with van der Waals surface area (Å²) in [7, 11) is -1.27. The molecule has 162 valence electrons. The van der Waals surface area contributed by atoms with E-state index in [0.29, 0.717) is 13.1 Å². The molecule has 3 rings (SSSR count). The van der Waals surface area contributed by atoms with Crippen molar-refractivity contribution in [2.45, 2.75) is 25.1 Å². The highest BCUT2D eigenvalue weighted by Gasteiger charge is 2.40. The molecule has 29 heavy (non-hydrogen) atoms. The van der Waals surface area contributed by atoms with Crippen LogP contribution < -0.4 is 5.32 Å². The summed E-state index contributed by atoms with van der Waals surface area (Å²) in [5.74, 6) is 0.986. The molecule has 1 N–H and O–H groups in total. The second-order valence-corrected chi connectivity index (χ2v) is 11.3. The van der Waals surface area contributed by atoms with E-state index in [2.05, 4.69) is 55.3 Å². The third kappa shape index (κ3) is 5.71. The Balaban J connectivity index is 1.40. The molecule has 8 heteroatoms. The van der Waals surface area contributed by atoms with Gasteiger partial charge in [0.15, 0.2) is 15.8 Å². The van der Waals surface area contributed by atoms with Gasteiger partial charge in [-0.3, -0.25) is 14.8 Å². The molecule has 1 aromatic rings. The Bertz CT molecular complexity index is 787. The van der Waals surface area contributed by atoms with Crippen molar-refractivity contribution in [2.75, 3.05) is 65.2 Å². The van der Waals surface area contributed by atoms with Gasteiger partial charge in [-0.25, -0.2) is 8.42 Å². The molecular formula is C21H35N5O2S. The average Bonchev–Trinajstić information content (AvgIpc) is 2.70. The van der Waals surface area contributed by atoms with Crippen molar-refractivity contribution in [3.05, 3.63) is 35.9 Å². The van der Waals surface area contributed by atoms with E-state index in [4.69, 9.17) is 0 Å². The number of guanidine groups is 1. The first-order chi connectivity index (χ1) is 13.8. The number of piperazine rings is 1. The predicted octanol–water partition coefficient (Wildman–Crippen LogP) is 0.889. The fraction of sp³-hybridized carbons (Fsp3) is 0.667. The van der Waals surface area contributed by atoms with Gasteiger partial charge < -0.3 is 10.2 Å². The van der Waals surface area contributed by atoms with Gasteiger partial charge in [0, 0.05) is 66.0 Å². The summed E-state index contributed by atoms with van der Waals surface area (Å²) in [6, 6.07) is 10.6. The van der Waals surface area contributed by atoms with E-state index < -0.39 is 14.6 Å². The maximum Gasteiger partial charge on any atom is 0.193 e. The molecule has 2 aliphatic heterocycles. The molecule has 0 saturated carbocycles. The van der Waals surface area contributed by atoms with Crippen molar-refractivity contribution in [3.8, 4) is 0 Å². The highest BCUT2D eigenvalue weighted by molar-refractivity contribution is 7.92. The summed E-state index contributed by atoms with van der Waals surface area (Å²) in [6.45, 7) is 11.7. The van der Waals surface area contributed by atoms with Crippen LogP contribution in [0.15, 0.2) is 35.3 Å². The first-order valence-electron chi connectivity index (χ1n) is 10.5. The molecule has 2 saturated heterocycles. The second-order valence-electron chi connectivity index (χ2n) is 8.58. The van der Waals surface area contributed by atoms with Crippen LogP contribution >= 0.6 is 0 Å². The van der Waals surface area contributed by atoms with Crippen LogP contribution in [0.2, 0.25) is 0 Å². The van der Waals surface area contributed by atoms with Gasteiger partial charge in [-0.15, -0.1) is 0 Å². The van der Waals surface area contributed by atoms with Gasteiger partial charge in [-0.1, -0.05) is 30.3 Å². The van der Waals surface area contributed by atoms with Gasteiger partial charge >= 0.3 is 0 Å². The van der Waals surface area contributed by atoms with Gasteiger partial charge in [-0.2, -0.15) is 0 Å². The molecule has 0 amide bonds. The molecule has 0 aromatic heterocycles. The first kappa shape index (κ1) is 22.1. The summed E-state index contributed by atoms with van der Waals surface area (Å²) in [6.07, 6.45) is 0. The van der Waals surface area contributed by atoms with Crippen molar-refractivity contribution in [3.63, 3.8) is 0 Å². The SMILES string of the molecule is CN=C(NCCN1CCN(Cc2ccccc2)CC1)N1CCS(=O)(=O)C(C)(C)C1. The normalized spacial score (nSPS) is 23.1. The minimum Gasteiger partial charge on any atom is -0.355 e. The zero-order valence-corrected chi connectivity index (χ0v) is 18.8. The molecule has 7 nitrogen and oxygen atoms in total. The Hall–Kier alpha value is -1.64. The number of benzene rings is 1. The van der Waals surface area contributed by atoms with Crippen LogP contribution in [-0.4, -0.2) is 99.0 Å². The molecule has 1 aromatic carbocycles. The van der Waals surface area contributed by atoms with Gasteiger partial charge in [0.1, 0.15) is 0 Å². The quantitative estimate of drug-likeness (QED) is 0.563. The van der Waals surface area contributed by atoms with Crippen LogP contribution in [-0.2, 0) is 16.4 Å². The summed E-state index contributed by atoms with van der Waals surface area (Å²) < 4.78 is 23.7. The van der Waals surface area contributed by atoms with Crippen LogP contribution in [0.3, 0.4) is 0 Å². The zero-order chi connectivity index (χ0) is 20.9. The van der Waals surface area contributed by atoms with Crippen molar-refractivity contribution >= 4 is 15.8 Å². The molecule has 0 spiro atoms. The van der Waals surface area contributed by atoms with E-state index >= 15 is 0 Å². The summed E-state index contributed by atoms with van der Waals surface area (Å²) in [5.41, 5.74) is 1.37. The highest BCUT2D eigenvalue weighted by Crippen LogP contribution is 2.23. The van der Waals surface area contributed by atoms with Gasteiger partial charge in [0.05, 0.1) is 10.5 Å². The summed E-state index contributed by atoms with van der Waals surface area (Å²) in [4.78, 5) is 11.4. The zero-order valence-electron chi connectivity index (χ0n) is 18.0. The number of hydrogen-bond donors (Lipinski definition) is 1. The van der Waals surface area contributed by atoms with Gasteiger partial charge in [-0.05, 0) is 19.4 Å². The number of sulfone groups is 1. The van der Waals surface area contributed by atoms with Crippen molar-refractivity contribution in [2.24, 2.45) is 4.99 Å². The lowest BCUT2D eigenvalue weighted by Gasteiger charge is -2.39. The minimum atomic E-state index is -3.04. The second kappa shape index (κ2) is 9.45. The van der Waals surface area contributed by atoms with E-state index in [-0.39, 0.29) is 5.75 Å². The van der Waals surface area contributed by atoms with Crippen molar-refractivity contribution in [1.82, 2.24) is 20.0 Å². The molecule has 2 heterocycles. The third-order valence-corrected chi connectivity index (χ3v) is 8.51. The lowest BCUT2D eigenvalue weighted by molar-refractivity contribution is 0.128. The standard InChI is InChI=1S/C21H35N5O2S/c1-21(2)18-26(15-16-29(21,27)28)20(22-3)23-9-10-24-11-13-25(14-12-24)17-19-7-5-4-6-8-19/h4-8H,9-18H2,1-3H3,(H,22,23). The van der Waals surface area contributed by atoms with Crippen LogP contribution in [0.1, 0.15) is 19.4 Å². The molecule has 0 unspecified atom stereocenters. The van der Waals surface area contributed by atoms with Crippen LogP contribution in [0.4, 0.5) is 0 Å². The van der Waals surface area contributed by atoms with E-state index in [1.54, 1.807) is 20.9 Å². The largest absolute Gasteiger partial charge is 0.355 e. The molecule has 2 fully saturated rings. The van der Waals surface area contributed by atoms with Gasteiger partial charge in [0.2, 0.25) is 0 Å². The molecule has 0 bridgehead atoms.